The van der Waals surface area contributed by atoms with E-state index in [9.17, 15) is 9.59 Å². The van der Waals surface area contributed by atoms with Gasteiger partial charge in [0.05, 0.1) is 19.3 Å². The Labute approximate surface area is 176 Å². The molecule has 3 rings (SSSR count). The van der Waals surface area contributed by atoms with Gasteiger partial charge >= 0.3 is 6.09 Å². The van der Waals surface area contributed by atoms with Gasteiger partial charge in [-0.05, 0) is 56.0 Å². The van der Waals surface area contributed by atoms with Crippen molar-refractivity contribution in [3.8, 4) is 0 Å². The quantitative estimate of drug-likeness (QED) is 0.745. The SMILES string of the molecule is COCC(=O)N1CCc2cc(Cl)cc(C3COCCN3C(=O)OC(C)(C)C)c2C1. The molecule has 0 N–H and O–H groups in total. The van der Waals surface area contributed by atoms with Crippen LogP contribution < -0.4 is 0 Å². The van der Waals surface area contributed by atoms with Crippen LogP contribution in [-0.4, -0.2) is 67.4 Å². The highest BCUT2D eigenvalue weighted by Gasteiger charge is 2.35. The fourth-order valence-corrected chi connectivity index (χ4v) is 4.03. The summed E-state index contributed by atoms with van der Waals surface area (Å²) in [6.07, 6.45) is 0.334. The average Bonchev–Trinajstić information content (AvgIpc) is 2.66. The van der Waals surface area contributed by atoms with E-state index in [4.69, 9.17) is 25.8 Å². The fraction of sp³-hybridized carbons (Fsp3) is 0.619. The topological polar surface area (TPSA) is 68.3 Å². The van der Waals surface area contributed by atoms with E-state index in [0.717, 1.165) is 16.7 Å². The summed E-state index contributed by atoms with van der Waals surface area (Å²) in [4.78, 5) is 28.7. The van der Waals surface area contributed by atoms with Crippen molar-refractivity contribution in [1.29, 1.82) is 0 Å². The maximum absolute atomic E-state index is 12.8. The molecule has 29 heavy (non-hydrogen) atoms. The predicted octanol–water partition coefficient (Wildman–Crippen LogP) is 3.18. The average molecular weight is 425 g/mol. The van der Waals surface area contributed by atoms with Gasteiger partial charge in [0.15, 0.2) is 0 Å². The van der Waals surface area contributed by atoms with Crippen molar-refractivity contribution in [1.82, 2.24) is 9.80 Å². The van der Waals surface area contributed by atoms with Crippen LogP contribution in [0.5, 0.6) is 0 Å². The Hall–Kier alpha value is -1.83. The van der Waals surface area contributed by atoms with Gasteiger partial charge < -0.3 is 19.1 Å². The van der Waals surface area contributed by atoms with Crippen LogP contribution in [-0.2, 0) is 32.0 Å². The van der Waals surface area contributed by atoms with Crippen LogP contribution in [0.3, 0.4) is 0 Å². The van der Waals surface area contributed by atoms with Gasteiger partial charge in [-0.15, -0.1) is 0 Å². The van der Waals surface area contributed by atoms with E-state index in [-0.39, 0.29) is 24.6 Å². The number of amides is 2. The number of fused-ring (bicyclic) bond motifs is 1. The molecule has 2 heterocycles. The van der Waals surface area contributed by atoms with Crippen molar-refractivity contribution in [2.45, 2.75) is 45.4 Å². The molecule has 7 nitrogen and oxygen atoms in total. The third kappa shape index (κ3) is 5.21. The third-order valence-corrected chi connectivity index (χ3v) is 5.30. The van der Waals surface area contributed by atoms with Crippen LogP contribution in [0.2, 0.25) is 5.02 Å². The lowest BCUT2D eigenvalue weighted by molar-refractivity contribution is -0.136. The number of morpholine rings is 1. The Morgan fingerprint density at radius 2 is 2.03 bits per heavy atom. The summed E-state index contributed by atoms with van der Waals surface area (Å²) in [6, 6.07) is 3.50. The second-order valence-electron chi connectivity index (χ2n) is 8.40. The molecule has 1 aromatic carbocycles. The van der Waals surface area contributed by atoms with E-state index in [1.807, 2.05) is 32.9 Å². The smallest absolute Gasteiger partial charge is 0.410 e. The highest BCUT2D eigenvalue weighted by Crippen LogP contribution is 2.35. The highest BCUT2D eigenvalue weighted by molar-refractivity contribution is 6.30. The molecule has 0 radical (unpaired) electrons. The number of methoxy groups -OCH3 is 1. The number of nitrogens with zero attached hydrogens (tertiary/aromatic N) is 2. The second kappa shape index (κ2) is 8.90. The number of hydrogen-bond donors (Lipinski definition) is 0. The molecule has 8 heteroatoms. The van der Waals surface area contributed by atoms with Gasteiger partial charge in [0.2, 0.25) is 5.91 Å². The van der Waals surface area contributed by atoms with E-state index < -0.39 is 5.60 Å². The van der Waals surface area contributed by atoms with Gasteiger partial charge in [-0.3, -0.25) is 9.69 Å². The van der Waals surface area contributed by atoms with Crippen molar-refractivity contribution in [3.05, 3.63) is 33.8 Å². The first kappa shape index (κ1) is 21.9. The molecule has 0 aromatic heterocycles. The van der Waals surface area contributed by atoms with Crippen molar-refractivity contribution in [2.24, 2.45) is 0 Å². The molecule has 0 saturated carbocycles. The summed E-state index contributed by atoms with van der Waals surface area (Å²) < 4.78 is 16.3. The molecule has 0 spiro atoms. The third-order valence-electron chi connectivity index (χ3n) is 5.08. The van der Waals surface area contributed by atoms with Gasteiger partial charge in [0, 0.05) is 31.8 Å². The van der Waals surface area contributed by atoms with Crippen LogP contribution in [0.15, 0.2) is 12.1 Å². The molecule has 2 amide bonds. The van der Waals surface area contributed by atoms with Gasteiger partial charge in [0.25, 0.3) is 0 Å². The number of hydrogen-bond acceptors (Lipinski definition) is 5. The van der Waals surface area contributed by atoms with Crippen LogP contribution in [0, 0.1) is 0 Å². The molecule has 1 saturated heterocycles. The molecule has 160 valence electrons. The summed E-state index contributed by atoms with van der Waals surface area (Å²) in [5.41, 5.74) is 2.45. The normalized spacial score (nSPS) is 19.7. The van der Waals surface area contributed by atoms with E-state index >= 15 is 0 Å². The molecule has 0 bridgehead atoms. The van der Waals surface area contributed by atoms with Crippen LogP contribution in [0.1, 0.15) is 43.5 Å². The molecule has 0 aliphatic carbocycles. The standard InChI is InChI=1S/C21H29ClN2O5/c1-21(2,3)29-20(26)24-7-8-28-12-18(24)16-10-15(22)9-14-5-6-23(11-17(14)16)19(25)13-27-4/h9-10,18H,5-8,11-13H2,1-4H3. The Kier molecular flexibility index (Phi) is 6.71. The van der Waals surface area contributed by atoms with E-state index in [1.165, 1.54) is 7.11 Å². The number of carbonyl (C=O) groups is 2. The van der Waals surface area contributed by atoms with Crippen LogP contribution in [0.25, 0.3) is 0 Å². The van der Waals surface area contributed by atoms with Crippen molar-refractivity contribution in [2.75, 3.05) is 40.0 Å². The first-order valence-corrected chi connectivity index (χ1v) is 10.2. The Bertz CT molecular complexity index is 777. The first-order chi connectivity index (χ1) is 13.7. The fourth-order valence-electron chi connectivity index (χ4n) is 3.78. The molecule has 1 unspecified atom stereocenters. The van der Waals surface area contributed by atoms with Crippen LogP contribution in [0.4, 0.5) is 4.79 Å². The van der Waals surface area contributed by atoms with E-state index in [2.05, 4.69) is 0 Å². The van der Waals surface area contributed by atoms with Crippen LogP contribution >= 0.6 is 11.6 Å². The lowest BCUT2D eigenvalue weighted by atomic mass is 9.90. The minimum absolute atomic E-state index is 0.0504. The zero-order valence-electron chi connectivity index (χ0n) is 17.5. The lowest BCUT2D eigenvalue weighted by Crippen LogP contribution is -2.46. The molecule has 2 aliphatic heterocycles. The van der Waals surface area contributed by atoms with Crippen molar-refractivity contribution >= 4 is 23.6 Å². The van der Waals surface area contributed by atoms with E-state index in [0.29, 0.717) is 44.3 Å². The minimum Gasteiger partial charge on any atom is -0.444 e. The molecule has 2 aliphatic rings. The zero-order valence-corrected chi connectivity index (χ0v) is 18.3. The maximum atomic E-state index is 12.8. The summed E-state index contributed by atoms with van der Waals surface area (Å²) >= 11 is 6.41. The minimum atomic E-state index is -0.586. The Morgan fingerprint density at radius 1 is 1.28 bits per heavy atom. The largest absolute Gasteiger partial charge is 0.444 e. The Morgan fingerprint density at radius 3 is 2.72 bits per heavy atom. The Balaban J connectivity index is 1.93. The van der Waals surface area contributed by atoms with Gasteiger partial charge in [-0.25, -0.2) is 4.79 Å². The molecule has 1 aromatic rings. The van der Waals surface area contributed by atoms with Gasteiger partial charge in [-0.1, -0.05) is 11.6 Å². The number of carbonyl (C=O) groups excluding carboxylic acids is 2. The summed E-state index contributed by atoms with van der Waals surface area (Å²) in [7, 11) is 1.51. The van der Waals surface area contributed by atoms with E-state index in [1.54, 1.807) is 9.80 Å². The monoisotopic (exact) mass is 424 g/mol. The number of benzene rings is 1. The second-order valence-corrected chi connectivity index (χ2v) is 8.83. The van der Waals surface area contributed by atoms with Crippen molar-refractivity contribution in [3.63, 3.8) is 0 Å². The van der Waals surface area contributed by atoms with Gasteiger partial charge in [0.1, 0.15) is 12.2 Å². The summed E-state index contributed by atoms with van der Waals surface area (Å²) in [5, 5.41) is 0.616. The molecular weight excluding hydrogens is 396 g/mol. The number of halogens is 1. The van der Waals surface area contributed by atoms with Gasteiger partial charge in [-0.2, -0.15) is 0 Å². The molecular formula is C21H29ClN2O5. The predicted molar refractivity (Wildman–Crippen MR) is 109 cm³/mol. The maximum Gasteiger partial charge on any atom is 0.410 e. The first-order valence-electron chi connectivity index (χ1n) is 9.85. The summed E-state index contributed by atoms with van der Waals surface area (Å²) in [6.45, 7) is 7.92. The van der Waals surface area contributed by atoms with Crippen molar-refractivity contribution < 1.29 is 23.8 Å². The lowest BCUT2D eigenvalue weighted by Gasteiger charge is -2.39. The molecule has 1 atom stereocenters. The highest BCUT2D eigenvalue weighted by atomic mass is 35.5. The summed E-state index contributed by atoms with van der Waals surface area (Å²) in [5.74, 6) is -0.0528. The molecule has 1 fully saturated rings. The number of ether oxygens (including phenoxy) is 3. The zero-order chi connectivity index (χ0) is 21.2. The number of rotatable bonds is 3.